The van der Waals surface area contributed by atoms with Gasteiger partial charge >= 0.3 is 0 Å². The third-order valence-corrected chi connectivity index (χ3v) is 8.98. The molecule has 2 amide bonds. The summed E-state index contributed by atoms with van der Waals surface area (Å²) >= 11 is 0. The monoisotopic (exact) mass is 582 g/mol. The highest BCUT2D eigenvalue weighted by Crippen LogP contribution is 2.37. The Morgan fingerprint density at radius 1 is 1.16 bits per heavy atom. The van der Waals surface area contributed by atoms with Gasteiger partial charge in [-0.15, -0.1) is 0 Å². The van der Waals surface area contributed by atoms with Crippen LogP contribution >= 0.6 is 0 Å². The third kappa shape index (κ3) is 6.02. The number of carbonyl (C=O) groups excluding carboxylic acids is 3. The fraction of sp³-hybridized carbons (Fsp3) is 0.400. The summed E-state index contributed by atoms with van der Waals surface area (Å²) in [6.07, 6.45) is 3.75. The smallest absolute Gasteiger partial charge is 0.256 e. The molecule has 3 aromatic rings. The van der Waals surface area contributed by atoms with Crippen molar-refractivity contribution in [3.8, 4) is 0 Å². The lowest BCUT2D eigenvalue weighted by atomic mass is 9.77. The summed E-state index contributed by atoms with van der Waals surface area (Å²) in [4.78, 5) is 45.8. The van der Waals surface area contributed by atoms with Crippen molar-refractivity contribution in [1.29, 1.82) is 0 Å². The molecule has 2 aromatic carbocycles. The van der Waals surface area contributed by atoms with Crippen LogP contribution in [0.5, 0.6) is 0 Å². The lowest BCUT2D eigenvalue weighted by molar-refractivity contribution is -0.113. The van der Waals surface area contributed by atoms with Gasteiger partial charge in [0.25, 0.3) is 11.8 Å². The Balaban J connectivity index is 1.49. The number of aliphatic hydroxyl groups is 1. The van der Waals surface area contributed by atoms with Gasteiger partial charge in [-0.1, -0.05) is 44.2 Å². The van der Waals surface area contributed by atoms with E-state index in [-0.39, 0.29) is 41.7 Å². The molecule has 43 heavy (non-hydrogen) atoms. The van der Waals surface area contributed by atoms with E-state index in [1.165, 1.54) is 0 Å². The van der Waals surface area contributed by atoms with E-state index >= 15 is 0 Å². The van der Waals surface area contributed by atoms with Crippen molar-refractivity contribution in [1.82, 2.24) is 15.2 Å². The zero-order valence-corrected chi connectivity index (χ0v) is 25.7. The molecule has 3 heterocycles. The number of Topliss-reactive ketones (excluding diaryl/α,β-unsaturated/α-hetero) is 1. The maximum atomic E-state index is 13.7. The van der Waals surface area contributed by atoms with E-state index in [1.54, 1.807) is 12.1 Å². The van der Waals surface area contributed by atoms with Gasteiger partial charge in [0.2, 0.25) is 0 Å². The van der Waals surface area contributed by atoms with E-state index in [4.69, 9.17) is 0 Å². The topological polar surface area (TPSA) is 115 Å². The molecule has 8 heteroatoms. The summed E-state index contributed by atoms with van der Waals surface area (Å²) in [6.45, 7) is 11.0. The van der Waals surface area contributed by atoms with Gasteiger partial charge in [-0.05, 0) is 69.0 Å². The van der Waals surface area contributed by atoms with Crippen molar-refractivity contribution in [3.05, 3.63) is 87.7 Å². The maximum absolute atomic E-state index is 13.7. The number of benzene rings is 2. The molecule has 8 nitrogen and oxygen atoms in total. The average Bonchev–Trinajstić information content (AvgIpc) is 3.24. The van der Waals surface area contributed by atoms with Gasteiger partial charge in [0, 0.05) is 64.7 Å². The number of carbonyl (C=O) groups is 3. The molecule has 2 aliphatic heterocycles. The number of rotatable bonds is 7. The molecule has 0 aliphatic carbocycles. The van der Waals surface area contributed by atoms with Crippen LogP contribution in [0.2, 0.25) is 0 Å². The van der Waals surface area contributed by atoms with Crippen LogP contribution in [0.1, 0.15) is 94.9 Å². The molecule has 0 bridgehead atoms. The first-order chi connectivity index (χ1) is 20.5. The molecule has 1 saturated heterocycles. The van der Waals surface area contributed by atoms with Crippen molar-refractivity contribution in [2.75, 3.05) is 25.0 Å². The number of aromatic nitrogens is 1. The highest BCUT2D eigenvalue weighted by atomic mass is 16.3. The lowest BCUT2D eigenvalue weighted by Crippen LogP contribution is -2.58. The second-order valence-electron chi connectivity index (χ2n) is 12.5. The number of hydrogen-bond acceptors (Lipinski definition) is 5. The zero-order chi connectivity index (χ0) is 30.9. The molecule has 226 valence electrons. The van der Waals surface area contributed by atoms with E-state index < -0.39 is 0 Å². The van der Waals surface area contributed by atoms with Crippen LogP contribution in [-0.2, 0) is 4.79 Å². The minimum atomic E-state index is -0.387. The molecule has 2 atom stereocenters. The number of aryl methyl sites for hydroxylation is 1. The van der Waals surface area contributed by atoms with Crippen LogP contribution in [-0.4, -0.2) is 58.3 Å². The predicted octanol–water partition coefficient (Wildman–Crippen LogP) is 5.67. The Hall–Kier alpha value is -4.17. The summed E-state index contributed by atoms with van der Waals surface area (Å²) in [5.74, 6) is -0.293. The summed E-state index contributed by atoms with van der Waals surface area (Å²) in [5.41, 5.74) is 5.85. The van der Waals surface area contributed by atoms with Crippen LogP contribution in [0.3, 0.4) is 0 Å². The van der Waals surface area contributed by atoms with E-state index in [1.807, 2.05) is 82.0 Å². The normalized spacial score (nSPS) is 18.7. The van der Waals surface area contributed by atoms with Gasteiger partial charge in [-0.3, -0.25) is 14.4 Å². The summed E-state index contributed by atoms with van der Waals surface area (Å²) in [5, 5.41) is 16.4. The van der Waals surface area contributed by atoms with Crippen molar-refractivity contribution >= 4 is 34.9 Å². The van der Waals surface area contributed by atoms with Crippen molar-refractivity contribution in [2.45, 2.75) is 66.0 Å². The number of aliphatic hydroxyl groups excluding tert-OH is 1. The molecule has 5 rings (SSSR count). The standard InChI is InChI=1S/C35H42N4O4/c1-21-29(37-23(3)32(21)34(43)39-17-15-31(39)35(4,5)20-40)19-27-26-18-25(13-14-28(26)36-16-9-12-30(27)41)33(42)38-22(2)24-10-7-6-8-11-24/h6-8,10-11,13-14,18-19,22,31,36-37,40H,9,12,15-17,20H2,1-5H3,(H,38,42)/b27-19-/t22-,31?/m1/s1. The van der Waals surface area contributed by atoms with Gasteiger partial charge in [0.15, 0.2) is 5.78 Å². The summed E-state index contributed by atoms with van der Waals surface area (Å²) in [6, 6.07) is 15.0. The van der Waals surface area contributed by atoms with E-state index in [0.29, 0.717) is 53.9 Å². The molecular formula is C35H42N4O4. The molecule has 0 saturated carbocycles. The number of ketones is 1. The number of amides is 2. The largest absolute Gasteiger partial charge is 0.396 e. The molecule has 1 fully saturated rings. The Labute approximate surface area is 253 Å². The first kappa shape index (κ1) is 30.3. The van der Waals surface area contributed by atoms with E-state index in [0.717, 1.165) is 28.9 Å². The molecule has 0 spiro atoms. The highest BCUT2D eigenvalue weighted by molar-refractivity contribution is 6.27. The SMILES string of the molecule is Cc1[nH]c(/C=C2\C(=O)CCCNc3ccc(C(=O)N[C@H](C)c4ccccc4)cc32)c(C)c1C(=O)N1CCC1C(C)(C)CO. The number of H-pyrrole nitrogens is 1. The van der Waals surface area contributed by atoms with Crippen LogP contribution in [0.25, 0.3) is 11.6 Å². The van der Waals surface area contributed by atoms with Gasteiger partial charge in [0.1, 0.15) is 0 Å². The third-order valence-electron chi connectivity index (χ3n) is 8.98. The second-order valence-corrected chi connectivity index (χ2v) is 12.5. The van der Waals surface area contributed by atoms with E-state index in [9.17, 15) is 19.5 Å². The number of allylic oxidation sites excluding steroid dienone is 1. The fourth-order valence-electron chi connectivity index (χ4n) is 6.16. The molecule has 4 N–H and O–H groups in total. The van der Waals surface area contributed by atoms with Gasteiger partial charge in [-0.25, -0.2) is 0 Å². The van der Waals surface area contributed by atoms with Crippen LogP contribution in [0.15, 0.2) is 48.5 Å². The summed E-state index contributed by atoms with van der Waals surface area (Å²) < 4.78 is 0. The number of fused-ring (bicyclic) bond motifs is 1. The number of hydrogen-bond donors (Lipinski definition) is 4. The Morgan fingerprint density at radius 2 is 1.91 bits per heavy atom. The van der Waals surface area contributed by atoms with Crippen molar-refractivity contribution in [2.24, 2.45) is 5.41 Å². The highest BCUT2D eigenvalue weighted by Gasteiger charge is 2.43. The van der Waals surface area contributed by atoms with Crippen LogP contribution < -0.4 is 10.6 Å². The number of nitrogens with zero attached hydrogens (tertiary/aromatic N) is 1. The second kappa shape index (κ2) is 12.2. The minimum absolute atomic E-state index is 0.00459. The fourth-order valence-corrected chi connectivity index (χ4v) is 6.16. The maximum Gasteiger partial charge on any atom is 0.256 e. The number of nitrogens with one attached hydrogen (secondary N) is 3. The van der Waals surface area contributed by atoms with Gasteiger partial charge in [-0.2, -0.15) is 0 Å². The molecule has 1 aromatic heterocycles. The Morgan fingerprint density at radius 3 is 2.58 bits per heavy atom. The van der Waals surface area contributed by atoms with Crippen molar-refractivity contribution < 1.29 is 19.5 Å². The number of anilines is 1. The average molecular weight is 583 g/mol. The van der Waals surface area contributed by atoms with Gasteiger partial charge in [0.05, 0.1) is 18.2 Å². The number of likely N-dealkylation sites (tertiary alicyclic amines) is 1. The summed E-state index contributed by atoms with van der Waals surface area (Å²) in [7, 11) is 0. The van der Waals surface area contributed by atoms with Gasteiger partial charge < -0.3 is 25.6 Å². The zero-order valence-electron chi connectivity index (χ0n) is 25.7. The molecule has 2 aliphatic rings. The first-order valence-electron chi connectivity index (χ1n) is 15.1. The van der Waals surface area contributed by atoms with Crippen LogP contribution in [0.4, 0.5) is 5.69 Å². The minimum Gasteiger partial charge on any atom is -0.396 e. The molecule has 0 radical (unpaired) electrons. The molecular weight excluding hydrogens is 540 g/mol. The first-order valence-corrected chi connectivity index (χ1v) is 15.1. The Bertz CT molecular complexity index is 1570. The quantitative estimate of drug-likeness (QED) is 0.268. The Kier molecular flexibility index (Phi) is 8.60. The number of aromatic amines is 1. The molecule has 1 unspecified atom stereocenters. The predicted molar refractivity (Wildman–Crippen MR) is 170 cm³/mol. The van der Waals surface area contributed by atoms with Crippen LogP contribution in [0, 0.1) is 19.3 Å². The van der Waals surface area contributed by atoms with Crippen molar-refractivity contribution in [3.63, 3.8) is 0 Å². The van der Waals surface area contributed by atoms with E-state index in [2.05, 4.69) is 15.6 Å². The lowest BCUT2D eigenvalue weighted by Gasteiger charge is -2.49.